The monoisotopic (exact) mass is 173 g/mol. The van der Waals surface area contributed by atoms with Gasteiger partial charge in [0.15, 0.2) is 7.98 Å². The van der Waals surface area contributed by atoms with Crippen LogP contribution in [0, 0.1) is 0 Å². The summed E-state index contributed by atoms with van der Waals surface area (Å²) in [6.07, 6.45) is 0. The number of hydrogen-bond donors (Lipinski definition) is 0. The lowest BCUT2D eigenvalue weighted by Crippen LogP contribution is -2.30. The molecule has 0 unspecified atom stereocenters. The van der Waals surface area contributed by atoms with Gasteiger partial charge in [-0.25, -0.2) is 0 Å². The molecule has 1 rings (SSSR count). The Labute approximate surface area is 82.2 Å². The Morgan fingerprint density at radius 1 is 1.08 bits per heavy atom. The summed E-state index contributed by atoms with van der Waals surface area (Å²) >= 11 is 0. The molecule has 68 valence electrons. The quantitative estimate of drug-likeness (QED) is 0.635. The zero-order valence-electron chi connectivity index (χ0n) is 8.57. The second-order valence-electron chi connectivity index (χ2n) is 3.63. The predicted molar refractivity (Wildman–Crippen MR) is 57.6 cm³/mol. The molecule has 0 heterocycles. The van der Waals surface area contributed by atoms with Crippen LogP contribution < -0.4 is 0 Å². The fourth-order valence-electron chi connectivity index (χ4n) is 1.35. The highest BCUT2D eigenvalue weighted by molar-refractivity contribution is 6.04. The van der Waals surface area contributed by atoms with E-state index in [1.54, 1.807) is 0 Å². The van der Waals surface area contributed by atoms with Gasteiger partial charge in [-0.2, -0.15) is 0 Å². The minimum Gasteiger partial charge on any atom is -0.346 e. The molecule has 0 N–H and O–H groups in total. The van der Waals surface area contributed by atoms with Crippen LogP contribution >= 0.6 is 0 Å². The van der Waals surface area contributed by atoms with Gasteiger partial charge in [-0.1, -0.05) is 44.2 Å². The lowest BCUT2D eigenvalue weighted by Gasteiger charge is -2.29. The molecule has 1 aromatic carbocycles. The number of benzene rings is 1. The van der Waals surface area contributed by atoms with Crippen molar-refractivity contribution in [2.45, 2.75) is 32.9 Å². The maximum absolute atomic E-state index is 5.93. The Balaban J connectivity index is 2.73. The van der Waals surface area contributed by atoms with Gasteiger partial charge in [-0.05, 0) is 18.5 Å². The van der Waals surface area contributed by atoms with Gasteiger partial charge < -0.3 is 4.81 Å². The normalized spacial score (nSPS) is 13.6. The molecular formula is C11H16BN. The topological polar surface area (TPSA) is 3.24 Å². The van der Waals surface area contributed by atoms with Crippen LogP contribution in [0.3, 0.4) is 0 Å². The van der Waals surface area contributed by atoms with E-state index >= 15 is 0 Å². The number of hydrogen-bond acceptors (Lipinski definition) is 1. The van der Waals surface area contributed by atoms with Crippen LogP contribution in [0.4, 0.5) is 0 Å². The highest BCUT2D eigenvalue weighted by Gasteiger charge is 2.12. The van der Waals surface area contributed by atoms with Crippen molar-refractivity contribution in [1.82, 2.24) is 4.81 Å². The first-order valence-electron chi connectivity index (χ1n) is 4.71. The zero-order valence-corrected chi connectivity index (χ0v) is 8.57. The molecule has 0 saturated carbocycles. The molecule has 0 aliphatic carbocycles. The van der Waals surface area contributed by atoms with E-state index in [0.29, 0.717) is 6.04 Å². The maximum Gasteiger partial charge on any atom is 0.183 e. The SMILES string of the molecule is [B]N(C(C)C)[C@@H](C)c1ccccc1. The van der Waals surface area contributed by atoms with Crippen molar-refractivity contribution >= 4 is 7.98 Å². The molecule has 0 fully saturated rings. The summed E-state index contributed by atoms with van der Waals surface area (Å²) in [5.41, 5.74) is 1.26. The lowest BCUT2D eigenvalue weighted by molar-refractivity contribution is 0.308. The number of rotatable bonds is 3. The molecule has 0 bridgehead atoms. The van der Waals surface area contributed by atoms with Crippen LogP contribution in [-0.2, 0) is 0 Å². The molecule has 13 heavy (non-hydrogen) atoms. The van der Waals surface area contributed by atoms with Crippen LogP contribution in [0.5, 0.6) is 0 Å². The van der Waals surface area contributed by atoms with Crippen LogP contribution in [0.25, 0.3) is 0 Å². The molecule has 0 aliphatic heterocycles. The average Bonchev–Trinajstić information content (AvgIpc) is 2.17. The summed E-state index contributed by atoms with van der Waals surface area (Å²) in [6, 6.07) is 11.0. The summed E-state index contributed by atoms with van der Waals surface area (Å²) in [6.45, 7) is 6.31. The first-order chi connectivity index (χ1) is 6.13. The van der Waals surface area contributed by atoms with Crippen LogP contribution in [-0.4, -0.2) is 18.8 Å². The van der Waals surface area contributed by atoms with Gasteiger partial charge in [-0.3, -0.25) is 0 Å². The van der Waals surface area contributed by atoms with E-state index in [9.17, 15) is 0 Å². The van der Waals surface area contributed by atoms with Crippen molar-refractivity contribution < 1.29 is 0 Å². The molecule has 0 saturated heterocycles. The summed E-state index contributed by atoms with van der Waals surface area (Å²) in [7, 11) is 5.93. The molecule has 1 nitrogen and oxygen atoms in total. The van der Waals surface area contributed by atoms with Gasteiger partial charge in [0.25, 0.3) is 0 Å². The summed E-state index contributed by atoms with van der Waals surface area (Å²) in [5.74, 6) is 0. The lowest BCUT2D eigenvalue weighted by atomic mass is 10.0. The Morgan fingerprint density at radius 2 is 1.62 bits per heavy atom. The van der Waals surface area contributed by atoms with Crippen LogP contribution in [0.1, 0.15) is 32.4 Å². The Kier molecular flexibility index (Phi) is 3.55. The van der Waals surface area contributed by atoms with Gasteiger partial charge in [-0.15, -0.1) is 0 Å². The van der Waals surface area contributed by atoms with E-state index < -0.39 is 0 Å². The summed E-state index contributed by atoms with van der Waals surface area (Å²) < 4.78 is 0. The fourth-order valence-corrected chi connectivity index (χ4v) is 1.35. The molecular weight excluding hydrogens is 157 g/mol. The van der Waals surface area contributed by atoms with Gasteiger partial charge in [0.1, 0.15) is 0 Å². The Bertz CT molecular complexity index is 246. The minimum atomic E-state index is 0.279. The molecule has 1 atom stereocenters. The molecule has 1 aromatic rings. The van der Waals surface area contributed by atoms with E-state index in [4.69, 9.17) is 7.98 Å². The zero-order chi connectivity index (χ0) is 9.84. The smallest absolute Gasteiger partial charge is 0.183 e. The fraction of sp³-hybridized carbons (Fsp3) is 0.455. The standard InChI is InChI=1S/C11H16BN/c1-9(2)13(12)10(3)11-7-5-4-6-8-11/h4-10H,1-3H3/t10-/m0/s1. The maximum atomic E-state index is 5.93. The Morgan fingerprint density at radius 3 is 2.08 bits per heavy atom. The van der Waals surface area contributed by atoms with Crippen molar-refractivity contribution in [3.8, 4) is 0 Å². The first-order valence-corrected chi connectivity index (χ1v) is 4.71. The van der Waals surface area contributed by atoms with E-state index in [0.717, 1.165) is 0 Å². The second-order valence-corrected chi connectivity index (χ2v) is 3.63. The number of nitrogens with zero attached hydrogens (tertiary/aromatic N) is 1. The molecule has 0 aliphatic rings. The molecule has 0 spiro atoms. The van der Waals surface area contributed by atoms with Gasteiger partial charge in [0.05, 0.1) is 0 Å². The van der Waals surface area contributed by atoms with Gasteiger partial charge in [0, 0.05) is 6.04 Å². The molecule has 2 radical (unpaired) electrons. The molecule has 0 aromatic heterocycles. The summed E-state index contributed by atoms with van der Waals surface area (Å²) in [4.78, 5) is 1.87. The highest BCUT2D eigenvalue weighted by atomic mass is 15.1. The second kappa shape index (κ2) is 4.47. The van der Waals surface area contributed by atoms with Crippen molar-refractivity contribution in [1.29, 1.82) is 0 Å². The Hall–Kier alpha value is -0.755. The summed E-state index contributed by atoms with van der Waals surface area (Å²) in [5, 5.41) is 0. The van der Waals surface area contributed by atoms with Gasteiger partial charge in [0.2, 0.25) is 0 Å². The van der Waals surface area contributed by atoms with Crippen molar-refractivity contribution in [3.05, 3.63) is 35.9 Å². The van der Waals surface area contributed by atoms with Gasteiger partial charge >= 0.3 is 0 Å². The highest BCUT2D eigenvalue weighted by Crippen LogP contribution is 2.19. The third-order valence-corrected chi connectivity index (χ3v) is 2.33. The molecule has 2 heteroatoms. The van der Waals surface area contributed by atoms with E-state index in [1.807, 2.05) is 23.0 Å². The van der Waals surface area contributed by atoms with Crippen LogP contribution in [0.15, 0.2) is 30.3 Å². The van der Waals surface area contributed by atoms with E-state index in [2.05, 4.69) is 32.9 Å². The average molecular weight is 173 g/mol. The molecule has 0 amide bonds. The predicted octanol–water partition coefficient (Wildman–Crippen LogP) is 2.54. The van der Waals surface area contributed by atoms with Crippen molar-refractivity contribution in [3.63, 3.8) is 0 Å². The minimum absolute atomic E-state index is 0.279. The third kappa shape index (κ3) is 2.59. The first kappa shape index (κ1) is 10.3. The van der Waals surface area contributed by atoms with Crippen molar-refractivity contribution in [2.24, 2.45) is 0 Å². The van der Waals surface area contributed by atoms with Crippen LogP contribution in [0.2, 0.25) is 0 Å². The third-order valence-electron chi connectivity index (χ3n) is 2.33. The van der Waals surface area contributed by atoms with E-state index in [1.165, 1.54) is 5.56 Å². The van der Waals surface area contributed by atoms with Crippen molar-refractivity contribution in [2.75, 3.05) is 0 Å². The van der Waals surface area contributed by atoms with E-state index in [-0.39, 0.29) is 6.04 Å². The largest absolute Gasteiger partial charge is 0.346 e.